The van der Waals surface area contributed by atoms with Crippen molar-refractivity contribution in [1.29, 1.82) is 5.26 Å². The molecule has 8 nitrogen and oxygen atoms in total. The molecule has 1 aliphatic rings. The Bertz CT molecular complexity index is 1270. The van der Waals surface area contributed by atoms with Crippen molar-refractivity contribution >= 4 is 5.82 Å². The maximum absolute atomic E-state index is 12.9. The Kier molecular flexibility index (Phi) is 5.44. The summed E-state index contributed by atoms with van der Waals surface area (Å²) in [5.74, 6) is 0.792. The van der Waals surface area contributed by atoms with Crippen LogP contribution in [0.2, 0.25) is 0 Å². The molecule has 0 bridgehead atoms. The molecular formula is C21H16F3N5O3. The first-order chi connectivity index (χ1) is 15.2. The Hall–Kier alpha value is -4.07. The van der Waals surface area contributed by atoms with E-state index in [0.29, 0.717) is 30.7 Å². The number of benzene rings is 1. The first kappa shape index (κ1) is 21.2. The highest BCUT2D eigenvalue weighted by Gasteiger charge is 2.31. The van der Waals surface area contributed by atoms with Gasteiger partial charge in [-0.1, -0.05) is 6.07 Å². The largest absolute Gasteiger partial charge is 0.473 e. The van der Waals surface area contributed by atoms with Gasteiger partial charge in [0.05, 0.1) is 17.3 Å². The number of nitrogens with zero attached hydrogens (tertiary/aromatic N) is 5. The summed E-state index contributed by atoms with van der Waals surface area (Å²) >= 11 is 0. The second-order valence-electron chi connectivity index (χ2n) is 7.05. The van der Waals surface area contributed by atoms with Crippen LogP contribution >= 0.6 is 0 Å². The van der Waals surface area contributed by atoms with Gasteiger partial charge in [-0.25, -0.2) is 4.79 Å². The van der Waals surface area contributed by atoms with Crippen molar-refractivity contribution in [1.82, 2.24) is 14.5 Å². The molecule has 32 heavy (non-hydrogen) atoms. The van der Waals surface area contributed by atoms with Gasteiger partial charge in [0.25, 0.3) is 0 Å². The molecule has 3 heterocycles. The van der Waals surface area contributed by atoms with Crippen LogP contribution in [0.15, 0.2) is 47.5 Å². The summed E-state index contributed by atoms with van der Waals surface area (Å²) < 4.78 is 51.2. The zero-order valence-electron chi connectivity index (χ0n) is 16.8. The summed E-state index contributed by atoms with van der Waals surface area (Å²) in [5, 5.41) is 9.43. The number of nitriles is 1. The number of pyridine rings is 1. The molecule has 0 amide bonds. The monoisotopic (exact) mass is 443 g/mol. The second kappa shape index (κ2) is 8.22. The number of halogens is 3. The molecule has 164 valence electrons. The molecule has 2 aromatic heterocycles. The van der Waals surface area contributed by atoms with Crippen LogP contribution < -0.4 is 20.1 Å². The van der Waals surface area contributed by atoms with E-state index in [1.165, 1.54) is 12.1 Å². The topological polar surface area (TPSA) is 93.3 Å². The van der Waals surface area contributed by atoms with E-state index in [4.69, 9.17) is 9.47 Å². The minimum absolute atomic E-state index is 0.0275. The lowest BCUT2D eigenvalue weighted by molar-refractivity contribution is -0.137. The van der Waals surface area contributed by atoms with Crippen molar-refractivity contribution in [3.05, 3.63) is 69.9 Å². The fourth-order valence-corrected chi connectivity index (χ4v) is 3.20. The van der Waals surface area contributed by atoms with Crippen molar-refractivity contribution < 1.29 is 22.6 Å². The van der Waals surface area contributed by atoms with Gasteiger partial charge in [-0.3, -0.25) is 9.55 Å². The molecule has 3 aromatic rings. The molecule has 0 spiro atoms. The van der Waals surface area contributed by atoms with Crippen molar-refractivity contribution in [2.45, 2.75) is 19.3 Å². The number of aromatic nitrogens is 3. The molecule has 0 radical (unpaired) electrons. The van der Waals surface area contributed by atoms with Crippen LogP contribution in [0.4, 0.5) is 19.0 Å². The predicted molar refractivity (Wildman–Crippen MR) is 107 cm³/mol. The summed E-state index contributed by atoms with van der Waals surface area (Å²) in [6, 6.07) is 8.96. The van der Waals surface area contributed by atoms with Gasteiger partial charge in [-0.05, 0) is 23.8 Å². The number of hydrogen-bond acceptors (Lipinski definition) is 7. The number of alkyl halides is 3. The Morgan fingerprint density at radius 3 is 2.75 bits per heavy atom. The molecule has 0 aliphatic carbocycles. The summed E-state index contributed by atoms with van der Waals surface area (Å²) in [4.78, 5) is 21.5. The van der Waals surface area contributed by atoms with Gasteiger partial charge in [0.2, 0.25) is 5.88 Å². The van der Waals surface area contributed by atoms with E-state index in [2.05, 4.69) is 9.97 Å². The Morgan fingerprint density at radius 2 is 2.00 bits per heavy atom. The van der Waals surface area contributed by atoms with Gasteiger partial charge in [0.15, 0.2) is 0 Å². The minimum atomic E-state index is -4.56. The van der Waals surface area contributed by atoms with Crippen LogP contribution in [-0.2, 0) is 19.3 Å². The average Bonchev–Trinajstić information content (AvgIpc) is 3.14. The normalized spacial score (nSPS) is 12.9. The summed E-state index contributed by atoms with van der Waals surface area (Å²) in [6.07, 6.45) is -2.74. The van der Waals surface area contributed by atoms with Crippen LogP contribution in [-0.4, -0.2) is 28.1 Å². The van der Waals surface area contributed by atoms with Crippen LogP contribution in [0.1, 0.15) is 16.7 Å². The fourth-order valence-electron chi connectivity index (χ4n) is 3.20. The van der Waals surface area contributed by atoms with Crippen molar-refractivity contribution in [2.75, 3.05) is 18.5 Å². The molecule has 1 aromatic carbocycles. The van der Waals surface area contributed by atoms with E-state index >= 15 is 0 Å². The number of rotatable bonds is 5. The number of anilines is 1. The van der Waals surface area contributed by atoms with E-state index in [1.54, 1.807) is 16.7 Å². The van der Waals surface area contributed by atoms with Crippen LogP contribution in [0, 0.1) is 11.3 Å². The lowest BCUT2D eigenvalue weighted by Gasteiger charge is -2.13. The van der Waals surface area contributed by atoms with Gasteiger partial charge < -0.3 is 14.4 Å². The lowest BCUT2D eigenvalue weighted by Crippen LogP contribution is -2.22. The fraction of sp³-hybridized carbons (Fsp3) is 0.238. The van der Waals surface area contributed by atoms with Crippen molar-refractivity contribution in [2.24, 2.45) is 0 Å². The minimum Gasteiger partial charge on any atom is -0.473 e. The number of likely N-dealkylation sites (N-methyl/N-ethyl adjacent to an activating group) is 1. The quantitative estimate of drug-likeness (QED) is 0.597. The predicted octanol–water partition coefficient (Wildman–Crippen LogP) is 3.35. The lowest BCUT2D eigenvalue weighted by atomic mass is 10.1. The van der Waals surface area contributed by atoms with E-state index in [0.717, 1.165) is 12.3 Å². The first-order valence-electron chi connectivity index (χ1n) is 9.43. The molecule has 0 saturated carbocycles. The van der Waals surface area contributed by atoms with Crippen LogP contribution in [0.3, 0.4) is 0 Å². The molecule has 0 atom stereocenters. The summed E-state index contributed by atoms with van der Waals surface area (Å²) in [5.41, 5.74) is -0.669. The van der Waals surface area contributed by atoms with Crippen molar-refractivity contribution in [3.8, 4) is 23.4 Å². The molecule has 0 saturated heterocycles. The third-order valence-corrected chi connectivity index (χ3v) is 4.84. The highest BCUT2D eigenvalue weighted by atomic mass is 19.4. The average molecular weight is 443 g/mol. The standard InChI is InChI=1S/C21H16F3N5O3/c1-28-4-5-29-19(28)8-18(27-20(29)30)31-12-13-2-3-17(14(6-13)9-25)32-16-7-15(10-26-11-16)21(22,23)24/h2-3,6-8,10-11H,4-5,12H2,1H3. The molecule has 0 fully saturated rings. The van der Waals surface area contributed by atoms with Gasteiger partial charge >= 0.3 is 11.9 Å². The second-order valence-corrected chi connectivity index (χ2v) is 7.05. The van der Waals surface area contributed by atoms with Crippen LogP contribution in [0.25, 0.3) is 0 Å². The van der Waals surface area contributed by atoms with E-state index < -0.39 is 17.4 Å². The highest BCUT2D eigenvalue weighted by Crippen LogP contribution is 2.33. The van der Waals surface area contributed by atoms with Crippen molar-refractivity contribution in [3.63, 3.8) is 0 Å². The Balaban J connectivity index is 1.50. The van der Waals surface area contributed by atoms with E-state index in [-0.39, 0.29) is 29.5 Å². The Labute approximate surface area is 180 Å². The maximum Gasteiger partial charge on any atom is 0.418 e. The zero-order chi connectivity index (χ0) is 22.9. The van der Waals surface area contributed by atoms with E-state index in [9.17, 15) is 23.2 Å². The maximum atomic E-state index is 12.9. The smallest absolute Gasteiger partial charge is 0.418 e. The number of fused-ring (bicyclic) bond motifs is 1. The Morgan fingerprint density at radius 1 is 1.19 bits per heavy atom. The van der Waals surface area contributed by atoms with Gasteiger partial charge in [-0.2, -0.15) is 23.4 Å². The van der Waals surface area contributed by atoms with Gasteiger partial charge in [0, 0.05) is 32.4 Å². The SMILES string of the molecule is CN1CCn2c1cc(OCc1ccc(Oc3cncc(C(F)(F)F)c3)c(C#N)c1)nc2=O. The molecule has 0 unspecified atom stereocenters. The van der Waals surface area contributed by atoms with E-state index in [1.807, 2.05) is 18.0 Å². The zero-order valence-corrected chi connectivity index (χ0v) is 16.8. The summed E-state index contributed by atoms with van der Waals surface area (Å²) in [7, 11) is 1.86. The first-order valence-corrected chi connectivity index (χ1v) is 9.43. The number of hydrogen-bond donors (Lipinski definition) is 0. The highest BCUT2D eigenvalue weighted by molar-refractivity contribution is 5.48. The van der Waals surface area contributed by atoms with Crippen LogP contribution in [0.5, 0.6) is 17.4 Å². The summed E-state index contributed by atoms with van der Waals surface area (Å²) in [6.45, 7) is 1.29. The molecular weight excluding hydrogens is 427 g/mol. The van der Waals surface area contributed by atoms with Gasteiger partial charge in [-0.15, -0.1) is 0 Å². The number of ether oxygens (including phenoxy) is 2. The van der Waals surface area contributed by atoms with Gasteiger partial charge in [0.1, 0.15) is 30.0 Å². The molecule has 1 aliphatic heterocycles. The third-order valence-electron chi connectivity index (χ3n) is 4.84. The molecule has 0 N–H and O–H groups in total. The molecule has 4 rings (SSSR count). The third kappa shape index (κ3) is 4.34. The molecule has 11 heteroatoms.